The molecule has 0 saturated carbocycles. The van der Waals surface area contributed by atoms with Crippen molar-refractivity contribution in [3.05, 3.63) is 0 Å². The summed E-state index contributed by atoms with van der Waals surface area (Å²) in [4.78, 5) is 0. The second-order valence-electron chi connectivity index (χ2n) is 9.90. The smallest absolute Gasteiger partial charge is 0.377 e. The highest BCUT2D eigenvalue weighted by molar-refractivity contribution is 5.03. The molecule has 7 atom stereocenters. The molecule has 6 nitrogen and oxygen atoms in total. The molecule has 0 aliphatic carbocycles. The number of fused-ring (bicyclic) bond motifs is 5. The topological polar surface area (TPSA) is 91.6 Å². The number of nitrogens with two attached hydrogens (primary N) is 1. The fraction of sp³-hybridized carbons (Fsp3) is 1.00. The van der Waals surface area contributed by atoms with Gasteiger partial charge in [0, 0.05) is 12.1 Å². The largest absolute Gasteiger partial charge is 0.421 e. The van der Waals surface area contributed by atoms with Crippen molar-refractivity contribution >= 4 is 0 Å². The van der Waals surface area contributed by atoms with Crippen molar-refractivity contribution < 1.29 is 36.2 Å². The first kappa shape index (κ1) is 25.0. The number of aliphatic hydroxyl groups is 1. The Labute approximate surface area is 177 Å². The van der Waals surface area contributed by atoms with E-state index in [1.165, 1.54) is 0 Å². The van der Waals surface area contributed by atoms with Crippen molar-refractivity contribution in [3.8, 4) is 0 Å². The normalized spacial score (nSPS) is 42.8. The van der Waals surface area contributed by atoms with Crippen LogP contribution in [0.3, 0.4) is 0 Å². The first-order valence-corrected chi connectivity index (χ1v) is 10.7. The lowest BCUT2D eigenvalue weighted by Crippen LogP contribution is -2.66. The van der Waals surface area contributed by atoms with Crippen molar-refractivity contribution in [2.24, 2.45) is 17.1 Å². The Morgan fingerprint density at radius 1 is 1.00 bits per heavy atom. The molecular formula is C19H32F6N4O2. The van der Waals surface area contributed by atoms with Crippen LogP contribution in [0.15, 0.2) is 0 Å². The molecule has 0 amide bonds. The average Bonchev–Trinajstić information content (AvgIpc) is 3.12. The molecule has 31 heavy (non-hydrogen) atoms. The number of ether oxygens (including phenoxy) is 1. The van der Waals surface area contributed by atoms with Gasteiger partial charge in [-0.25, -0.2) is 10.9 Å². The molecule has 0 aromatic rings. The van der Waals surface area contributed by atoms with Crippen LogP contribution in [0.25, 0.3) is 0 Å². The monoisotopic (exact) mass is 462 g/mol. The molecule has 3 aliphatic heterocycles. The summed E-state index contributed by atoms with van der Waals surface area (Å²) in [6.45, 7) is 3.80. The van der Waals surface area contributed by atoms with E-state index in [4.69, 9.17) is 10.5 Å². The molecule has 0 aromatic heterocycles. The third kappa shape index (κ3) is 5.30. The van der Waals surface area contributed by atoms with E-state index in [9.17, 15) is 31.4 Å². The fourth-order valence-electron chi connectivity index (χ4n) is 4.92. The van der Waals surface area contributed by atoms with E-state index in [1.807, 2.05) is 13.8 Å². The highest BCUT2D eigenvalue weighted by Crippen LogP contribution is 2.43. The Morgan fingerprint density at radius 3 is 2.26 bits per heavy atom. The third-order valence-electron chi connectivity index (χ3n) is 6.98. The van der Waals surface area contributed by atoms with Gasteiger partial charge >= 0.3 is 12.4 Å². The zero-order valence-electron chi connectivity index (χ0n) is 17.6. The second kappa shape index (κ2) is 8.60. The van der Waals surface area contributed by atoms with Gasteiger partial charge in [-0.2, -0.15) is 26.3 Å². The minimum atomic E-state index is -4.96. The molecule has 0 spiro atoms. The zero-order chi connectivity index (χ0) is 23.2. The van der Waals surface area contributed by atoms with Crippen LogP contribution in [0.5, 0.6) is 0 Å². The SMILES string of the molecule is CC1(C)CCCC[C@](O)(C(F)(F)F)C2NNC(O2)C2NC(CC1)C(C(F)(F)F)CC2N. The first-order valence-electron chi connectivity index (χ1n) is 10.7. The zero-order valence-corrected chi connectivity index (χ0v) is 17.6. The Bertz CT molecular complexity index is 631. The molecule has 3 fully saturated rings. The molecule has 3 aliphatic rings. The van der Waals surface area contributed by atoms with Crippen LogP contribution in [-0.2, 0) is 4.74 Å². The second-order valence-corrected chi connectivity index (χ2v) is 9.90. The Morgan fingerprint density at radius 2 is 1.65 bits per heavy atom. The van der Waals surface area contributed by atoms with Gasteiger partial charge in [0.15, 0.2) is 6.23 Å². The van der Waals surface area contributed by atoms with Gasteiger partial charge in [0.25, 0.3) is 0 Å². The maximum absolute atomic E-state index is 13.8. The number of rotatable bonds is 0. The maximum atomic E-state index is 13.8. The lowest BCUT2D eigenvalue weighted by Gasteiger charge is -2.44. The average molecular weight is 462 g/mol. The predicted octanol–water partition coefficient (Wildman–Crippen LogP) is 2.67. The lowest BCUT2D eigenvalue weighted by atomic mass is 9.76. The van der Waals surface area contributed by atoms with Gasteiger partial charge < -0.3 is 20.9 Å². The lowest BCUT2D eigenvalue weighted by molar-refractivity contribution is -0.300. The molecule has 6 N–H and O–H groups in total. The van der Waals surface area contributed by atoms with Gasteiger partial charge in [-0.3, -0.25) is 0 Å². The summed E-state index contributed by atoms with van der Waals surface area (Å²) in [6.07, 6.45) is -11.5. The number of hydrogen-bond acceptors (Lipinski definition) is 6. The van der Waals surface area contributed by atoms with Crippen LogP contribution in [0.4, 0.5) is 26.3 Å². The summed E-state index contributed by atoms with van der Waals surface area (Å²) >= 11 is 0. The molecule has 3 rings (SSSR count). The Balaban J connectivity index is 1.90. The number of halogens is 6. The van der Waals surface area contributed by atoms with Gasteiger partial charge in [-0.1, -0.05) is 26.7 Å². The van der Waals surface area contributed by atoms with E-state index in [0.717, 1.165) is 0 Å². The van der Waals surface area contributed by atoms with E-state index in [1.54, 1.807) is 0 Å². The molecule has 6 unspecified atom stereocenters. The summed E-state index contributed by atoms with van der Waals surface area (Å²) in [6, 6.07) is -2.79. The van der Waals surface area contributed by atoms with Crippen molar-refractivity contribution in [2.45, 2.75) is 107 Å². The highest BCUT2D eigenvalue weighted by atomic mass is 19.4. The van der Waals surface area contributed by atoms with Crippen LogP contribution in [0.1, 0.15) is 58.8 Å². The number of nitrogens with one attached hydrogen (secondary N) is 3. The van der Waals surface area contributed by atoms with Crippen molar-refractivity contribution in [1.82, 2.24) is 16.2 Å². The Hall–Kier alpha value is -0.660. The third-order valence-corrected chi connectivity index (χ3v) is 6.98. The molecule has 4 bridgehead atoms. The summed E-state index contributed by atoms with van der Waals surface area (Å²) in [5.41, 5.74) is 7.41. The van der Waals surface area contributed by atoms with E-state index < -0.39 is 60.9 Å². The van der Waals surface area contributed by atoms with Gasteiger partial charge in [-0.05, 0) is 37.5 Å². The minimum Gasteiger partial charge on any atom is -0.377 e. The Kier molecular flexibility index (Phi) is 6.93. The number of piperidine rings is 1. The summed E-state index contributed by atoms with van der Waals surface area (Å²) in [5, 5.41) is 13.4. The summed E-state index contributed by atoms with van der Waals surface area (Å²) < 4.78 is 87.8. The maximum Gasteiger partial charge on any atom is 0.421 e. The van der Waals surface area contributed by atoms with Crippen molar-refractivity contribution in [1.29, 1.82) is 0 Å². The molecule has 0 radical (unpaired) electrons. The van der Waals surface area contributed by atoms with Gasteiger partial charge in [0.2, 0.25) is 5.60 Å². The standard InChI is InChI=1S/C19H32F6N4O2/c1-16(2)6-3-4-7-17(30,19(23,24)25)15-29-28-14(31-15)13-11(26)9-10(18(20,21)22)12(27-13)5-8-16/h10-15,27-30H,3-9,26H2,1-2H3/t10?,11?,12?,13?,14?,15?,17-/m1/s1. The van der Waals surface area contributed by atoms with Crippen molar-refractivity contribution in [3.63, 3.8) is 0 Å². The van der Waals surface area contributed by atoms with Crippen LogP contribution < -0.4 is 21.9 Å². The molecule has 0 aromatic carbocycles. The highest BCUT2D eigenvalue weighted by Gasteiger charge is 2.62. The van der Waals surface area contributed by atoms with E-state index in [2.05, 4.69) is 16.2 Å². The van der Waals surface area contributed by atoms with Crippen LogP contribution in [-0.4, -0.2) is 53.6 Å². The molecule has 3 saturated heterocycles. The summed E-state index contributed by atoms with van der Waals surface area (Å²) in [7, 11) is 0. The predicted molar refractivity (Wildman–Crippen MR) is 100 cm³/mol. The quantitative estimate of drug-likeness (QED) is 0.356. The molecule has 12 heteroatoms. The fourth-order valence-corrected chi connectivity index (χ4v) is 4.92. The minimum absolute atomic E-state index is 0.0987. The van der Waals surface area contributed by atoms with Gasteiger partial charge in [0.05, 0.1) is 12.0 Å². The van der Waals surface area contributed by atoms with Crippen LogP contribution in [0.2, 0.25) is 0 Å². The van der Waals surface area contributed by atoms with E-state index in [0.29, 0.717) is 19.3 Å². The summed E-state index contributed by atoms with van der Waals surface area (Å²) in [5.74, 6) is -1.65. The molecule has 182 valence electrons. The number of hydrazine groups is 1. The van der Waals surface area contributed by atoms with E-state index >= 15 is 0 Å². The molecule has 3 heterocycles. The van der Waals surface area contributed by atoms with Crippen LogP contribution in [0, 0.1) is 11.3 Å². The number of alkyl halides is 6. The molecular weight excluding hydrogens is 430 g/mol. The number of hydrogen-bond donors (Lipinski definition) is 5. The van der Waals surface area contributed by atoms with Crippen molar-refractivity contribution in [2.75, 3.05) is 0 Å². The van der Waals surface area contributed by atoms with Gasteiger partial charge in [0.1, 0.15) is 6.23 Å². The van der Waals surface area contributed by atoms with Crippen LogP contribution >= 0.6 is 0 Å². The first-order chi connectivity index (χ1) is 14.1. The van der Waals surface area contributed by atoms with Gasteiger partial charge in [-0.15, -0.1) is 0 Å². The van der Waals surface area contributed by atoms with E-state index in [-0.39, 0.29) is 24.7 Å².